The molecule has 5 nitrogen and oxygen atoms in total. The molecule has 0 aliphatic rings. The van der Waals surface area contributed by atoms with E-state index in [0.29, 0.717) is 15.2 Å². The van der Waals surface area contributed by atoms with Crippen LogP contribution in [-0.2, 0) is 9.59 Å². The van der Waals surface area contributed by atoms with Crippen LogP contribution in [0.25, 0.3) is 16.8 Å². The third-order valence-corrected chi connectivity index (χ3v) is 4.67. The maximum atomic E-state index is 11.9. The van der Waals surface area contributed by atoms with Crippen LogP contribution < -0.4 is 15.6 Å². The van der Waals surface area contributed by atoms with Gasteiger partial charge in [0, 0.05) is 11.1 Å². The highest BCUT2D eigenvalue weighted by Crippen LogP contribution is 2.27. The minimum Gasteiger partial charge on any atom is -0.483 e. The van der Waals surface area contributed by atoms with E-state index in [2.05, 4.69) is 26.8 Å². The smallest absolute Gasteiger partial charge is 0.276 e. The highest BCUT2D eigenvalue weighted by atomic mass is 79.9. The van der Waals surface area contributed by atoms with Gasteiger partial charge in [-0.25, -0.2) is 0 Å². The average molecular weight is 460 g/mol. The molecule has 3 aromatic carbocycles. The lowest BCUT2D eigenvalue weighted by Crippen LogP contribution is -2.43. The Hall–Kier alpha value is -2.83. The van der Waals surface area contributed by atoms with Crippen molar-refractivity contribution in [1.29, 1.82) is 0 Å². The fraction of sp³-hybridized carbons (Fsp3) is 0.0476. The molecule has 0 bridgehead atoms. The zero-order valence-electron chi connectivity index (χ0n) is 14.6. The highest BCUT2D eigenvalue weighted by molar-refractivity contribution is 9.10. The van der Waals surface area contributed by atoms with Crippen molar-refractivity contribution in [3.63, 3.8) is 0 Å². The summed E-state index contributed by atoms with van der Waals surface area (Å²) in [5.74, 6) is -0.468. The van der Waals surface area contributed by atoms with Crippen LogP contribution >= 0.6 is 27.5 Å². The Morgan fingerprint density at radius 3 is 2.64 bits per heavy atom. The molecule has 2 N–H and O–H groups in total. The summed E-state index contributed by atoms with van der Waals surface area (Å²) in [6, 6.07) is 18.7. The second-order valence-electron chi connectivity index (χ2n) is 5.80. The minimum atomic E-state index is -0.492. The molecular weight excluding hydrogens is 444 g/mol. The van der Waals surface area contributed by atoms with Crippen molar-refractivity contribution in [2.75, 3.05) is 6.61 Å². The maximum absolute atomic E-state index is 11.9. The minimum absolute atomic E-state index is 0.256. The number of carbonyl (C=O) groups is 2. The quantitative estimate of drug-likeness (QED) is 0.436. The molecule has 0 unspecified atom stereocenters. The van der Waals surface area contributed by atoms with Crippen LogP contribution in [0.4, 0.5) is 0 Å². The van der Waals surface area contributed by atoms with Gasteiger partial charge in [-0.2, -0.15) is 0 Å². The zero-order valence-corrected chi connectivity index (χ0v) is 17.0. The molecule has 2 amide bonds. The van der Waals surface area contributed by atoms with Crippen molar-refractivity contribution in [3.05, 3.63) is 81.8 Å². The van der Waals surface area contributed by atoms with E-state index in [9.17, 15) is 9.59 Å². The molecule has 0 saturated carbocycles. The van der Waals surface area contributed by atoms with Crippen molar-refractivity contribution in [2.45, 2.75) is 0 Å². The summed E-state index contributed by atoms with van der Waals surface area (Å²) in [5.41, 5.74) is 5.54. The van der Waals surface area contributed by atoms with Gasteiger partial charge < -0.3 is 4.74 Å². The number of halogens is 2. The average Bonchev–Trinajstić information content (AvgIpc) is 2.70. The Balaban J connectivity index is 1.51. The van der Waals surface area contributed by atoms with Gasteiger partial charge in [0.2, 0.25) is 0 Å². The molecule has 0 radical (unpaired) electrons. The summed E-state index contributed by atoms with van der Waals surface area (Å²) >= 11 is 9.15. The zero-order chi connectivity index (χ0) is 19.9. The monoisotopic (exact) mass is 458 g/mol. The first-order valence-electron chi connectivity index (χ1n) is 8.35. The van der Waals surface area contributed by atoms with Gasteiger partial charge in [-0.05, 0) is 56.5 Å². The Morgan fingerprint density at radius 1 is 1.04 bits per heavy atom. The van der Waals surface area contributed by atoms with E-state index in [1.807, 2.05) is 42.5 Å². The molecule has 3 rings (SSSR count). The predicted octanol–water partition coefficient (Wildman–Crippen LogP) is 4.50. The van der Waals surface area contributed by atoms with Crippen LogP contribution in [0.5, 0.6) is 5.75 Å². The van der Waals surface area contributed by atoms with E-state index in [4.69, 9.17) is 16.3 Å². The highest BCUT2D eigenvalue weighted by Gasteiger charge is 2.07. The number of hydrogen-bond acceptors (Lipinski definition) is 3. The second kappa shape index (κ2) is 9.39. The van der Waals surface area contributed by atoms with Gasteiger partial charge in [0.1, 0.15) is 5.75 Å². The molecule has 7 heteroatoms. The van der Waals surface area contributed by atoms with E-state index in [1.54, 1.807) is 24.3 Å². The summed E-state index contributed by atoms with van der Waals surface area (Å²) in [4.78, 5) is 23.8. The largest absolute Gasteiger partial charge is 0.483 e. The molecule has 3 aromatic rings. The number of hydrogen-bond donors (Lipinski definition) is 2. The van der Waals surface area contributed by atoms with E-state index >= 15 is 0 Å². The van der Waals surface area contributed by atoms with Crippen molar-refractivity contribution in [1.82, 2.24) is 10.9 Å². The first-order chi connectivity index (χ1) is 13.5. The van der Waals surface area contributed by atoms with Gasteiger partial charge in [-0.15, -0.1) is 0 Å². The molecule has 0 spiro atoms. The molecule has 0 atom stereocenters. The molecule has 0 fully saturated rings. The van der Waals surface area contributed by atoms with Crippen LogP contribution in [0.2, 0.25) is 5.02 Å². The van der Waals surface area contributed by atoms with Gasteiger partial charge in [0.25, 0.3) is 11.8 Å². The van der Waals surface area contributed by atoms with Gasteiger partial charge in [-0.1, -0.05) is 54.1 Å². The maximum Gasteiger partial charge on any atom is 0.276 e. The molecular formula is C21H16BrClN2O3. The lowest BCUT2D eigenvalue weighted by Gasteiger charge is -2.09. The SMILES string of the molecule is O=C(/C=C/c1cccc2ccccc12)NNC(=O)COc1ccc(Cl)cc1Br. The lowest BCUT2D eigenvalue weighted by atomic mass is 10.0. The van der Waals surface area contributed by atoms with Crippen LogP contribution in [0.1, 0.15) is 5.56 Å². The molecule has 28 heavy (non-hydrogen) atoms. The first kappa shape index (κ1) is 19.9. The van der Waals surface area contributed by atoms with Crippen LogP contribution in [-0.4, -0.2) is 18.4 Å². The van der Waals surface area contributed by atoms with Crippen molar-refractivity contribution >= 4 is 56.2 Å². The number of nitrogens with one attached hydrogen (secondary N) is 2. The van der Waals surface area contributed by atoms with Crippen LogP contribution in [0.3, 0.4) is 0 Å². The first-order valence-corrected chi connectivity index (χ1v) is 9.52. The summed E-state index contributed by atoms with van der Waals surface area (Å²) < 4.78 is 6.01. The van der Waals surface area contributed by atoms with Crippen LogP contribution in [0, 0.1) is 0 Å². The van der Waals surface area contributed by atoms with Crippen molar-refractivity contribution in [2.24, 2.45) is 0 Å². The summed E-state index contributed by atoms with van der Waals surface area (Å²) in [5, 5.41) is 2.68. The Morgan fingerprint density at radius 2 is 1.82 bits per heavy atom. The lowest BCUT2D eigenvalue weighted by molar-refractivity contribution is -0.128. The Labute approximate surface area is 175 Å². The summed E-state index contributed by atoms with van der Waals surface area (Å²) in [6.07, 6.45) is 3.06. The van der Waals surface area contributed by atoms with E-state index in [-0.39, 0.29) is 6.61 Å². The Kier molecular flexibility index (Phi) is 6.68. The number of benzene rings is 3. The predicted molar refractivity (Wildman–Crippen MR) is 114 cm³/mol. The van der Waals surface area contributed by atoms with Crippen LogP contribution in [0.15, 0.2) is 71.2 Å². The Bertz CT molecular complexity index is 1050. The summed E-state index contributed by atoms with van der Waals surface area (Å²) in [7, 11) is 0. The third-order valence-electron chi connectivity index (χ3n) is 3.82. The molecule has 0 aliphatic heterocycles. The van der Waals surface area contributed by atoms with Gasteiger partial charge in [-0.3, -0.25) is 20.4 Å². The fourth-order valence-corrected chi connectivity index (χ4v) is 3.30. The normalized spacial score (nSPS) is 10.8. The van der Waals surface area contributed by atoms with Crippen molar-refractivity contribution in [3.8, 4) is 5.75 Å². The molecule has 0 saturated heterocycles. The van der Waals surface area contributed by atoms with Gasteiger partial charge in [0.15, 0.2) is 6.61 Å². The summed E-state index contributed by atoms with van der Waals surface area (Å²) in [6.45, 7) is -0.256. The van der Waals surface area contributed by atoms with E-state index < -0.39 is 11.8 Å². The van der Waals surface area contributed by atoms with E-state index in [1.165, 1.54) is 6.08 Å². The van der Waals surface area contributed by atoms with E-state index in [0.717, 1.165) is 16.3 Å². The second-order valence-corrected chi connectivity index (χ2v) is 7.09. The van der Waals surface area contributed by atoms with Crippen molar-refractivity contribution < 1.29 is 14.3 Å². The molecule has 142 valence electrons. The number of rotatable bonds is 5. The molecule has 0 aromatic heterocycles. The topological polar surface area (TPSA) is 67.4 Å². The van der Waals surface area contributed by atoms with Gasteiger partial charge >= 0.3 is 0 Å². The van der Waals surface area contributed by atoms with Gasteiger partial charge in [0.05, 0.1) is 4.47 Å². The number of ether oxygens (including phenoxy) is 1. The third kappa shape index (κ3) is 5.34. The fourth-order valence-electron chi connectivity index (χ4n) is 2.51. The number of carbonyl (C=O) groups excluding carboxylic acids is 2. The number of amides is 2. The molecule has 0 heterocycles. The number of fused-ring (bicyclic) bond motifs is 1. The molecule has 0 aliphatic carbocycles. The standard InChI is InChI=1S/C21H16BrClN2O3/c22-18-12-16(23)9-10-19(18)28-13-21(27)25-24-20(26)11-8-15-6-3-5-14-4-1-2-7-17(14)15/h1-12H,13H2,(H,24,26)(H,25,27)/b11-8+. The number of hydrazine groups is 1.